The number of halogens is 8. The molecule has 54 heavy (non-hydrogen) atoms. The number of aliphatic hydroxyl groups is 1. The lowest BCUT2D eigenvalue weighted by atomic mass is 9.92. The number of carbonyl (C=O) groups is 1. The Morgan fingerprint density at radius 1 is 1.02 bits per heavy atom. The molecule has 1 fully saturated rings. The van der Waals surface area contributed by atoms with Crippen molar-refractivity contribution >= 4 is 16.8 Å². The third kappa shape index (κ3) is 6.69. The van der Waals surface area contributed by atoms with Gasteiger partial charge in [0.25, 0.3) is 18.8 Å². The number of carbonyl (C=O) groups excluding carboxylic acids is 1. The van der Waals surface area contributed by atoms with E-state index in [4.69, 9.17) is 0 Å². The van der Waals surface area contributed by atoms with E-state index in [0.717, 1.165) is 12.1 Å². The summed E-state index contributed by atoms with van der Waals surface area (Å²) >= 11 is 0. The van der Waals surface area contributed by atoms with Crippen LogP contribution in [0.4, 0.5) is 35.1 Å². The van der Waals surface area contributed by atoms with Gasteiger partial charge in [-0.15, -0.1) is 0 Å². The summed E-state index contributed by atoms with van der Waals surface area (Å²) < 4.78 is 118. The molecule has 7 rings (SSSR count). The maximum Gasteiger partial charge on any atom is 0.293 e. The molecule has 2 aromatic carbocycles. The standard InChI is InChI=1S/C38H32F8N6O2/c1-17-29-24(35(41)42)8-7-23(33(29)51(4)49-17)22-6-5-21(9-10-37(2,3)54)47-31(22)27(13-18-11-19(39)14-20(40)12-18)48-28(53)16-52-34-30(32(50-52)36(43)44)25-15-26(25)38(34,45)46/h5-8,11-12,14,25-27,35-36,54H,13,15-16H2,1-4H3,(H,48,53)/t25-,26+,27?/m0/s1. The molecule has 2 N–H and O–H groups in total. The highest BCUT2D eigenvalue weighted by Crippen LogP contribution is 2.68. The molecule has 3 aromatic heterocycles. The molecule has 3 atom stereocenters. The highest BCUT2D eigenvalue weighted by molar-refractivity contribution is 5.98. The van der Waals surface area contributed by atoms with Crippen molar-refractivity contribution in [3.8, 4) is 23.0 Å². The summed E-state index contributed by atoms with van der Waals surface area (Å²) in [6.07, 6.45) is -6.35. The number of hydrogen-bond donors (Lipinski definition) is 2. The van der Waals surface area contributed by atoms with Crippen LogP contribution in [-0.4, -0.2) is 41.2 Å². The van der Waals surface area contributed by atoms with Gasteiger partial charge in [-0.2, -0.15) is 19.0 Å². The van der Waals surface area contributed by atoms with Crippen molar-refractivity contribution < 1.29 is 45.0 Å². The number of nitrogens with zero attached hydrogens (tertiary/aromatic N) is 5. The van der Waals surface area contributed by atoms with Crippen molar-refractivity contribution in [3.05, 3.63) is 99.3 Å². The summed E-state index contributed by atoms with van der Waals surface area (Å²) in [6.45, 7) is 3.51. The first-order valence-corrected chi connectivity index (χ1v) is 16.9. The van der Waals surface area contributed by atoms with Crippen molar-refractivity contribution in [2.45, 2.75) is 76.5 Å². The Morgan fingerprint density at radius 3 is 2.35 bits per heavy atom. The first-order valence-electron chi connectivity index (χ1n) is 16.9. The molecule has 1 amide bonds. The fourth-order valence-electron chi connectivity index (χ4n) is 7.44. The molecule has 1 unspecified atom stereocenters. The maximum atomic E-state index is 15.3. The third-order valence-electron chi connectivity index (χ3n) is 9.63. The molecule has 5 aromatic rings. The van der Waals surface area contributed by atoms with E-state index in [1.165, 1.54) is 36.7 Å². The van der Waals surface area contributed by atoms with Gasteiger partial charge < -0.3 is 10.4 Å². The van der Waals surface area contributed by atoms with Gasteiger partial charge in [0.05, 0.1) is 22.9 Å². The minimum atomic E-state index is -3.50. The van der Waals surface area contributed by atoms with E-state index in [1.54, 1.807) is 20.0 Å². The van der Waals surface area contributed by atoms with Gasteiger partial charge in [0.2, 0.25) is 5.91 Å². The van der Waals surface area contributed by atoms with Crippen LogP contribution in [0.1, 0.15) is 90.2 Å². The lowest BCUT2D eigenvalue weighted by Gasteiger charge is -2.23. The van der Waals surface area contributed by atoms with E-state index in [9.17, 15) is 36.2 Å². The predicted molar refractivity (Wildman–Crippen MR) is 180 cm³/mol. The Balaban J connectivity index is 1.38. The zero-order chi connectivity index (χ0) is 39.0. The minimum absolute atomic E-state index is 0.0195. The van der Waals surface area contributed by atoms with Crippen LogP contribution >= 0.6 is 0 Å². The van der Waals surface area contributed by atoms with Crippen LogP contribution in [0.3, 0.4) is 0 Å². The van der Waals surface area contributed by atoms with Gasteiger partial charge in [-0.3, -0.25) is 14.2 Å². The Hall–Kier alpha value is -5.30. The first-order chi connectivity index (χ1) is 25.3. The molecule has 2 aliphatic carbocycles. The van der Waals surface area contributed by atoms with Crippen LogP contribution in [0, 0.1) is 36.3 Å². The van der Waals surface area contributed by atoms with E-state index in [1.807, 2.05) is 0 Å². The molecule has 16 heteroatoms. The topological polar surface area (TPSA) is 97.9 Å². The van der Waals surface area contributed by atoms with Crippen molar-refractivity contribution in [2.24, 2.45) is 13.0 Å². The number of benzene rings is 2. The normalized spacial score (nSPS) is 17.8. The monoisotopic (exact) mass is 756 g/mol. The Kier molecular flexibility index (Phi) is 9.07. The molecular weight excluding hydrogens is 724 g/mol. The highest BCUT2D eigenvalue weighted by atomic mass is 19.3. The number of aromatic nitrogens is 5. The lowest BCUT2D eigenvalue weighted by molar-refractivity contribution is -0.123. The van der Waals surface area contributed by atoms with E-state index < -0.39 is 77.7 Å². The average molecular weight is 757 g/mol. The molecule has 2 aliphatic rings. The van der Waals surface area contributed by atoms with Crippen molar-refractivity contribution in [1.29, 1.82) is 0 Å². The summed E-state index contributed by atoms with van der Waals surface area (Å²) in [5.41, 5.74) is -2.28. The second-order valence-electron chi connectivity index (χ2n) is 14.2. The largest absolute Gasteiger partial charge is 0.378 e. The average Bonchev–Trinajstić information content (AvgIpc) is 3.63. The van der Waals surface area contributed by atoms with E-state index in [-0.39, 0.29) is 57.4 Å². The van der Waals surface area contributed by atoms with Crippen LogP contribution < -0.4 is 5.32 Å². The maximum absolute atomic E-state index is 15.3. The molecule has 0 aliphatic heterocycles. The van der Waals surface area contributed by atoms with Gasteiger partial charge in [0.15, 0.2) is 0 Å². The minimum Gasteiger partial charge on any atom is -0.378 e. The summed E-state index contributed by atoms with van der Waals surface area (Å²) in [6, 6.07) is 7.03. The van der Waals surface area contributed by atoms with Gasteiger partial charge >= 0.3 is 0 Å². The van der Waals surface area contributed by atoms with Gasteiger partial charge in [0.1, 0.15) is 40.9 Å². The smallest absolute Gasteiger partial charge is 0.293 e. The summed E-state index contributed by atoms with van der Waals surface area (Å²) in [7, 11) is 1.55. The van der Waals surface area contributed by atoms with Gasteiger partial charge in [-0.25, -0.2) is 31.3 Å². The highest BCUT2D eigenvalue weighted by Gasteiger charge is 2.67. The Bertz CT molecular complexity index is 2370. The van der Waals surface area contributed by atoms with Gasteiger partial charge in [0, 0.05) is 46.7 Å². The van der Waals surface area contributed by atoms with Crippen LogP contribution in [0.15, 0.2) is 42.5 Å². The van der Waals surface area contributed by atoms with E-state index >= 15 is 8.78 Å². The molecule has 1 saturated carbocycles. The molecule has 0 spiro atoms. The SMILES string of the molecule is Cc1nn(C)c2c(-c3ccc(C#CC(C)(C)O)nc3C(Cc3cc(F)cc(F)c3)NC(=O)Cn3nc(C(F)F)c4c3C(F)(F)[C@@H]3C[C@H]43)ccc(C(F)F)c12. The predicted octanol–water partition coefficient (Wildman–Crippen LogP) is 7.73. The molecule has 3 heterocycles. The number of aryl methyl sites for hydroxylation is 2. The lowest BCUT2D eigenvalue weighted by Crippen LogP contribution is -2.35. The number of amides is 1. The number of alkyl halides is 6. The third-order valence-corrected chi connectivity index (χ3v) is 9.63. The van der Waals surface area contributed by atoms with Crippen LogP contribution in [0.25, 0.3) is 22.0 Å². The second-order valence-corrected chi connectivity index (χ2v) is 14.2. The van der Waals surface area contributed by atoms with Gasteiger partial charge in [-0.05, 0) is 75.3 Å². The van der Waals surface area contributed by atoms with Gasteiger partial charge in [-0.1, -0.05) is 18.1 Å². The number of pyridine rings is 1. The fraction of sp³-hybridized carbons (Fsp3) is 0.368. The second kappa shape index (κ2) is 13.2. The number of fused-ring (bicyclic) bond motifs is 4. The number of hydrogen-bond acceptors (Lipinski definition) is 5. The summed E-state index contributed by atoms with van der Waals surface area (Å²) in [5, 5.41) is 21.2. The molecule has 8 nitrogen and oxygen atoms in total. The molecule has 0 radical (unpaired) electrons. The van der Waals surface area contributed by atoms with Crippen molar-refractivity contribution in [3.63, 3.8) is 0 Å². The summed E-state index contributed by atoms with van der Waals surface area (Å²) in [5.74, 6) is -2.95. The van der Waals surface area contributed by atoms with Crippen molar-refractivity contribution in [1.82, 2.24) is 29.9 Å². The quantitative estimate of drug-likeness (QED) is 0.119. The van der Waals surface area contributed by atoms with E-state index in [0.29, 0.717) is 22.0 Å². The Labute approximate surface area is 303 Å². The Morgan fingerprint density at radius 2 is 1.70 bits per heavy atom. The van der Waals surface area contributed by atoms with E-state index in [2.05, 4.69) is 32.3 Å². The number of rotatable bonds is 9. The first kappa shape index (κ1) is 37.0. The molecule has 0 bridgehead atoms. The molecular formula is C38H32F8N6O2. The fourth-order valence-corrected chi connectivity index (χ4v) is 7.44. The van der Waals surface area contributed by atoms with Crippen molar-refractivity contribution in [2.75, 3.05) is 0 Å². The van der Waals surface area contributed by atoms with Crippen LogP contribution in [0.5, 0.6) is 0 Å². The molecule has 282 valence electrons. The summed E-state index contributed by atoms with van der Waals surface area (Å²) in [4.78, 5) is 18.5. The zero-order valence-corrected chi connectivity index (χ0v) is 29.2. The van der Waals surface area contributed by atoms with Crippen LogP contribution in [-0.2, 0) is 30.7 Å². The number of nitrogens with one attached hydrogen (secondary N) is 1. The molecule has 0 saturated heterocycles. The zero-order valence-electron chi connectivity index (χ0n) is 29.2. The van der Waals surface area contributed by atoms with Crippen LogP contribution in [0.2, 0.25) is 0 Å².